The Morgan fingerprint density at radius 3 is 2.21 bits per heavy atom. The van der Waals surface area contributed by atoms with Crippen molar-refractivity contribution in [3.8, 4) is 0 Å². The van der Waals surface area contributed by atoms with Gasteiger partial charge in [-0.05, 0) is 46.7 Å². The maximum absolute atomic E-state index is 5.62. The van der Waals surface area contributed by atoms with Crippen molar-refractivity contribution in [1.82, 2.24) is 20.4 Å². The van der Waals surface area contributed by atoms with E-state index in [0.717, 1.165) is 78.0 Å². The van der Waals surface area contributed by atoms with Gasteiger partial charge in [0.05, 0.1) is 19.8 Å². The first-order valence-corrected chi connectivity index (χ1v) is 11.7. The first-order valence-electron chi connectivity index (χ1n) is 11.7. The van der Waals surface area contributed by atoms with Crippen molar-refractivity contribution in [2.24, 2.45) is 4.99 Å². The number of rotatable bonds is 7. The Kier molecular flexibility index (Phi) is 8.59. The van der Waals surface area contributed by atoms with Crippen LogP contribution in [0.1, 0.15) is 51.9 Å². The summed E-state index contributed by atoms with van der Waals surface area (Å²) in [4.78, 5) is 10.2. The Morgan fingerprint density at radius 1 is 0.931 bits per heavy atom. The molecule has 2 N–H and O–H groups in total. The molecule has 2 aliphatic heterocycles. The zero-order valence-electron chi connectivity index (χ0n) is 19.0. The molecule has 0 aromatic heterocycles. The number of hydrogen-bond acceptors (Lipinski definition) is 5. The van der Waals surface area contributed by atoms with Crippen LogP contribution in [0.2, 0.25) is 0 Å². The van der Waals surface area contributed by atoms with Crippen LogP contribution in [0.15, 0.2) is 4.99 Å². The number of nitrogens with one attached hydrogen (secondary N) is 2. The minimum absolute atomic E-state index is 0.140. The largest absolute Gasteiger partial charge is 0.381 e. The molecule has 1 aliphatic carbocycles. The molecule has 3 rings (SSSR count). The zero-order valence-corrected chi connectivity index (χ0v) is 19.0. The van der Waals surface area contributed by atoms with Gasteiger partial charge in [-0.1, -0.05) is 19.3 Å². The van der Waals surface area contributed by atoms with Crippen molar-refractivity contribution < 1.29 is 9.47 Å². The Morgan fingerprint density at radius 2 is 1.59 bits per heavy atom. The predicted molar refractivity (Wildman–Crippen MR) is 119 cm³/mol. The Labute approximate surface area is 177 Å². The number of ether oxygens (including phenoxy) is 2. The lowest BCUT2D eigenvalue weighted by molar-refractivity contribution is -0.0333. The van der Waals surface area contributed by atoms with Crippen LogP contribution in [0, 0.1) is 0 Å². The summed E-state index contributed by atoms with van der Waals surface area (Å²) < 4.78 is 11.2. The summed E-state index contributed by atoms with van der Waals surface area (Å²) in [5.74, 6) is 0.957. The molecule has 0 atom stereocenters. The number of nitrogens with zero attached hydrogens (tertiary/aromatic N) is 3. The number of aliphatic imine (C=N–C) groups is 1. The molecule has 0 unspecified atom stereocenters. The van der Waals surface area contributed by atoms with Gasteiger partial charge in [-0.15, -0.1) is 0 Å². The Bertz CT molecular complexity index is 507. The quantitative estimate of drug-likeness (QED) is 0.493. The predicted octanol–water partition coefficient (Wildman–Crippen LogP) is 1.69. The van der Waals surface area contributed by atoms with Crippen LogP contribution < -0.4 is 10.6 Å². The molecule has 0 aromatic carbocycles. The smallest absolute Gasteiger partial charge is 0.191 e. The highest BCUT2D eigenvalue weighted by atomic mass is 16.5. The fourth-order valence-electron chi connectivity index (χ4n) is 5.17. The zero-order chi connectivity index (χ0) is 20.6. The summed E-state index contributed by atoms with van der Waals surface area (Å²) in [5.41, 5.74) is 0.351. The molecule has 0 aromatic rings. The van der Waals surface area contributed by atoms with E-state index in [4.69, 9.17) is 14.5 Å². The van der Waals surface area contributed by atoms with E-state index in [2.05, 4.69) is 41.5 Å². The molecule has 3 aliphatic rings. The van der Waals surface area contributed by atoms with E-state index < -0.39 is 0 Å². The van der Waals surface area contributed by atoms with E-state index in [1.54, 1.807) is 0 Å². The average Bonchev–Trinajstić information content (AvgIpc) is 2.77. The van der Waals surface area contributed by atoms with Gasteiger partial charge in [0.2, 0.25) is 0 Å². The van der Waals surface area contributed by atoms with Crippen LogP contribution in [-0.4, -0.2) is 100 Å². The van der Waals surface area contributed by atoms with Gasteiger partial charge >= 0.3 is 0 Å². The second-order valence-electron chi connectivity index (χ2n) is 9.16. The summed E-state index contributed by atoms with van der Waals surface area (Å²) in [6, 6.07) is 0. The number of guanidine groups is 1. The number of morpholine rings is 1. The second kappa shape index (κ2) is 10.9. The van der Waals surface area contributed by atoms with Gasteiger partial charge in [0, 0.05) is 50.5 Å². The van der Waals surface area contributed by atoms with Crippen molar-refractivity contribution >= 4 is 5.96 Å². The lowest BCUT2D eigenvalue weighted by atomic mass is 9.80. The van der Waals surface area contributed by atoms with Gasteiger partial charge in [-0.25, -0.2) is 0 Å². The molecule has 2 heterocycles. The molecular weight excluding hydrogens is 366 g/mol. The Balaban J connectivity index is 1.67. The van der Waals surface area contributed by atoms with Crippen LogP contribution in [0.3, 0.4) is 0 Å². The monoisotopic (exact) mass is 409 g/mol. The highest BCUT2D eigenvalue weighted by Gasteiger charge is 2.39. The molecule has 1 saturated carbocycles. The van der Waals surface area contributed by atoms with Crippen LogP contribution in [0.25, 0.3) is 0 Å². The molecule has 29 heavy (non-hydrogen) atoms. The first-order chi connectivity index (χ1) is 14.1. The number of likely N-dealkylation sites (N-methyl/N-ethyl adjacent to an activating group) is 1. The number of hydrogen-bond donors (Lipinski definition) is 2. The molecule has 0 bridgehead atoms. The van der Waals surface area contributed by atoms with Gasteiger partial charge in [0.15, 0.2) is 5.96 Å². The van der Waals surface area contributed by atoms with Crippen molar-refractivity contribution in [1.29, 1.82) is 0 Å². The topological polar surface area (TPSA) is 61.4 Å². The van der Waals surface area contributed by atoms with E-state index in [9.17, 15) is 0 Å². The van der Waals surface area contributed by atoms with Crippen LogP contribution in [-0.2, 0) is 9.47 Å². The van der Waals surface area contributed by atoms with Gasteiger partial charge in [0.25, 0.3) is 0 Å². The van der Waals surface area contributed by atoms with E-state index in [1.165, 1.54) is 32.1 Å². The van der Waals surface area contributed by atoms with E-state index in [0.29, 0.717) is 0 Å². The normalized spacial score (nSPS) is 25.7. The molecule has 0 spiro atoms. The van der Waals surface area contributed by atoms with Gasteiger partial charge in [-0.2, -0.15) is 0 Å². The molecule has 3 fully saturated rings. The maximum Gasteiger partial charge on any atom is 0.191 e. The second-order valence-corrected chi connectivity index (χ2v) is 9.16. The SMILES string of the molecule is CCNC(=NCC1(N2CCOCC2)CCCCC1)NCC1(N(C)C)CCOCC1. The van der Waals surface area contributed by atoms with Crippen molar-refractivity contribution in [3.63, 3.8) is 0 Å². The third-order valence-electron chi connectivity index (χ3n) is 7.30. The molecule has 7 nitrogen and oxygen atoms in total. The van der Waals surface area contributed by atoms with E-state index in [1.807, 2.05) is 0 Å². The summed E-state index contributed by atoms with van der Waals surface area (Å²) in [6.07, 6.45) is 8.64. The lowest BCUT2D eigenvalue weighted by Gasteiger charge is -2.47. The van der Waals surface area contributed by atoms with Crippen molar-refractivity contribution in [2.75, 3.05) is 73.2 Å². The van der Waals surface area contributed by atoms with E-state index >= 15 is 0 Å². The Hall–Kier alpha value is -0.890. The highest BCUT2D eigenvalue weighted by molar-refractivity contribution is 5.79. The van der Waals surface area contributed by atoms with Gasteiger partial charge in [0.1, 0.15) is 0 Å². The highest BCUT2D eigenvalue weighted by Crippen LogP contribution is 2.34. The van der Waals surface area contributed by atoms with Gasteiger partial charge in [-0.3, -0.25) is 9.89 Å². The third kappa shape index (κ3) is 5.84. The fraction of sp³-hybridized carbons (Fsp3) is 0.955. The molecule has 0 radical (unpaired) electrons. The summed E-state index contributed by atoms with van der Waals surface area (Å²) >= 11 is 0. The summed E-state index contributed by atoms with van der Waals surface area (Å²) in [6.45, 7) is 10.3. The molecule has 0 amide bonds. The van der Waals surface area contributed by atoms with Crippen molar-refractivity contribution in [3.05, 3.63) is 0 Å². The van der Waals surface area contributed by atoms with Gasteiger partial charge < -0.3 is 25.0 Å². The van der Waals surface area contributed by atoms with Crippen LogP contribution in [0.5, 0.6) is 0 Å². The summed E-state index contributed by atoms with van der Waals surface area (Å²) in [7, 11) is 4.37. The lowest BCUT2D eigenvalue weighted by Crippen LogP contribution is -2.58. The molecule has 168 valence electrons. The van der Waals surface area contributed by atoms with Crippen molar-refractivity contribution in [2.45, 2.75) is 62.9 Å². The maximum atomic E-state index is 5.62. The van der Waals surface area contributed by atoms with Crippen LogP contribution >= 0.6 is 0 Å². The fourth-order valence-corrected chi connectivity index (χ4v) is 5.17. The minimum atomic E-state index is 0.140. The van der Waals surface area contributed by atoms with Crippen LogP contribution in [0.4, 0.5) is 0 Å². The summed E-state index contributed by atoms with van der Waals surface area (Å²) in [5, 5.41) is 7.15. The molecular formula is C22H43N5O2. The standard InChI is InChI=1S/C22H43N5O2/c1-4-23-20(24-18-21(26(2)3)10-14-28-15-11-21)25-19-22(8-6-5-7-9-22)27-12-16-29-17-13-27/h4-19H2,1-3H3,(H2,23,24,25). The molecule has 7 heteroatoms. The average molecular weight is 410 g/mol. The first kappa shape index (κ1) is 22.8. The van der Waals surface area contributed by atoms with E-state index in [-0.39, 0.29) is 11.1 Å². The third-order valence-corrected chi connectivity index (χ3v) is 7.30. The molecule has 2 saturated heterocycles. The minimum Gasteiger partial charge on any atom is -0.381 e.